The average molecular weight is 621 g/mol. The molecule has 2 fully saturated rings. The summed E-state index contributed by atoms with van der Waals surface area (Å²) in [7, 11) is 1.28. The van der Waals surface area contributed by atoms with E-state index in [1.54, 1.807) is 12.1 Å². The second-order valence-electron chi connectivity index (χ2n) is 9.49. The van der Waals surface area contributed by atoms with E-state index in [0.29, 0.717) is 51.2 Å². The zero-order chi connectivity index (χ0) is 27.7. The van der Waals surface area contributed by atoms with Crippen molar-refractivity contribution < 1.29 is 18.7 Å². The van der Waals surface area contributed by atoms with Crippen molar-refractivity contribution in [2.24, 2.45) is 0 Å². The van der Waals surface area contributed by atoms with Gasteiger partial charge >= 0.3 is 5.97 Å². The summed E-state index contributed by atoms with van der Waals surface area (Å²) in [5, 5.41) is 0.128. The Labute approximate surface area is 239 Å². The lowest BCUT2D eigenvalue weighted by Gasteiger charge is -2.41. The second kappa shape index (κ2) is 11.6. The molecule has 10 nitrogen and oxygen atoms in total. The Hall–Kier alpha value is -3.09. The highest BCUT2D eigenvalue weighted by atomic mass is 79.9. The van der Waals surface area contributed by atoms with Gasteiger partial charge in [-0.3, -0.25) is 0 Å². The van der Waals surface area contributed by atoms with Crippen LogP contribution in [-0.4, -0.2) is 84.5 Å². The Morgan fingerprint density at radius 3 is 2.54 bits per heavy atom. The number of carbonyl (C=O) groups excluding carboxylic acids is 1. The number of aromatic nitrogens is 4. The van der Waals surface area contributed by atoms with Gasteiger partial charge in [-0.1, -0.05) is 11.6 Å². The van der Waals surface area contributed by atoms with Crippen molar-refractivity contribution in [3.05, 3.63) is 51.6 Å². The van der Waals surface area contributed by atoms with Gasteiger partial charge in [0.15, 0.2) is 16.7 Å². The van der Waals surface area contributed by atoms with E-state index in [2.05, 4.69) is 49.5 Å². The summed E-state index contributed by atoms with van der Waals surface area (Å²) < 4.78 is 24.3. The predicted octanol–water partition coefficient (Wildman–Crippen LogP) is 4.22. The van der Waals surface area contributed by atoms with Gasteiger partial charge in [-0.25, -0.2) is 24.1 Å². The molecule has 39 heavy (non-hydrogen) atoms. The quantitative estimate of drug-likeness (QED) is 0.386. The molecule has 2 aliphatic heterocycles. The first kappa shape index (κ1) is 27.5. The number of anilines is 3. The molecule has 2 aromatic heterocycles. The summed E-state index contributed by atoms with van der Waals surface area (Å²) in [6, 6.07) is 8.42. The molecule has 0 spiro atoms. The van der Waals surface area contributed by atoms with Crippen molar-refractivity contribution in [3.63, 3.8) is 0 Å². The third-order valence-electron chi connectivity index (χ3n) is 6.86. The van der Waals surface area contributed by atoms with Crippen LogP contribution in [0.4, 0.5) is 22.0 Å². The number of methoxy groups -OCH3 is 1. The van der Waals surface area contributed by atoms with Crippen LogP contribution in [0.2, 0.25) is 5.15 Å². The van der Waals surface area contributed by atoms with E-state index in [4.69, 9.17) is 31.0 Å². The van der Waals surface area contributed by atoms with Crippen molar-refractivity contribution in [2.45, 2.75) is 25.9 Å². The number of benzene rings is 1. The van der Waals surface area contributed by atoms with E-state index in [9.17, 15) is 9.18 Å². The van der Waals surface area contributed by atoms with Gasteiger partial charge in [0, 0.05) is 43.9 Å². The molecule has 0 amide bonds. The largest absolute Gasteiger partial charge is 0.464 e. The normalized spacial score (nSPS) is 19.8. The lowest BCUT2D eigenvalue weighted by atomic mass is 10.1. The molecule has 1 unspecified atom stereocenters. The minimum Gasteiger partial charge on any atom is -0.464 e. The highest BCUT2D eigenvalue weighted by Gasteiger charge is 2.30. The highest BCUT2D eigenvalue weighted by Crippen LogP contribution is 2.32. The fraction of sp³-hybridized carbons (Fsp3) is 0.423. The molecule has 13 heteroatoms. The van der Waals surface area contributed by atoms with Crippen LogP contribution in [-0.2, 0) is 9.47 Å². The molecule has 0 saturated carbocycles. The van der Waals surface area contributed by atoms with E-state index in [1.807, 2.05) is 11.0 Å². The van der Waals surface area contributed by atoms with Crippen LogP contribution < -0.4 is 14.7 Å². The number of nitrogens with zero attached hydrogens (tertiary/aromatic N) is 7. The molecule has 2 atom stereocenters. The van der Waals surface area contributed by atoms with Crippen molar-refractivity contribution in [1.29, 1.82) is 0 Å². The second-order valence-corrected chi connectivity index (χ2v) is 10.6. The van der Waals surface area contributed by atoms with Crippen LogP contribution in [0.1, 0.15) is 24.3 Å². The summed E-state index contributed by atoms with van der Waals surface area (Å²) >= 11 is 9.75. The SMILES string of the molecule is COC(=O)c1nc(Cl)c(N2CCN(c3cc(-c4ccc(F)cc4)nc(N4CCOC[C@H]4C)n3)C(C)C2)nc1Br. The third-order valence-corrected chi connectivity index (χ3v) is 7.67. The number of hydrogen-bond acceptors (Lipinski definition) is 10. The van der Waals surface area contributed by atoms with Gasteiger partial charge in [0.2, 0.25) is 5.95 Å². The smallest absolute Gasteiger partial charge is 0.359 e. The molecular weight excluding hydrogens is 593 g/mol. The maximum Gasteiger partial charge on any atom is 0.359 e. The van der Waals surface area contributed by atoms with Gasteiger partial charge in [0.1, 0.15) is 16.2 Å². The van der Waals surface area contributed by atoms with E-state index >= 15 is 0 Å². The topological polar surface area (TPSA) is 96.8 Å². The molecule has 0 N–H and O–H groups in total. The number of morpholine rings is 1. The molecule has 5 rings (SSSR count). The van der Waals surface area contributed by atoms with Gasteiger partial charge in [-0.2, -0.15) is 4.98 Å². The number of rotatable bonds is 5. The predicted molar refractivity (Wildman–Crippen MR) is 150 cm³/mol. The van der Waals surface area contributed by atoms with Gasteiger partial charge in [0.05, 0.1) is 32.1 Å². The van der Waals surface area contributed by atoms with Crippen molar-refractivity contribution in [1.82, 2.24) is 19.9 Å². The Morgan fingerprint density at radius 2 is 1.85 bits per heavy atom. The van der Waals surface area contributed by atoms with Gasteiger partial charge in [-0.05, 0) is 54.0 Å². The monoisotopic (exact) mass is 619 g/mol. The van der Waals surface area contributed by atoms with Crippen LogP contribution in [0.5, 0.6) is 0 Å². The Morgan fingerprint density at radius 1 is 1.08 bits per heavy atom. The van der Waals surface area contributed by atoms with Gasteiger partial charge < -0.3 is 24.2 Å². The molecule has 1 aromatic carbocycles. The van der Waals surface area contributed by atoms with Crippen LogP contribution in [0, 0.1) is 5.82 Å². The summed E-state index contributed by atoms with van der Waals surface area (Å²) in [5.74, 6) is 0.971. The maximum absolute atomic E-state index is 13.6. The zero-order valence-corrected chi connectivity index (χ0v) is 24.1. The van der Waals surface area contributed by atoms with Gasteiger partial charge in [0.25, 0.3) is 0 Å². The average Bonchev–Trinajstić information content (AvgIpc) is 2.94. The Balaban J connectivity index is 1.44. The third kappa shape index (κ3) is 5.78. The number of hydrogen-bond donors (Lipinski definition) is 0. The lowest BCUT2D eigenvalue weighted by molar-refractivity contribution is 0.0592. The van der Waals surface area contributed by atoms with E-state index < -0.39 is 5.97 Å². The van der Waals surface area contributed by atoms with Crippen LogP contribution in [0.25, 0.3) is 11.3 Å². The molecule has 3 aromatic rings. The fourth-order valence-corrected chi connectivity index (χ4v) is 5.46. The number of carbonyl (C=O) groups is 1. The number of halogens is 3. The molecule has 0 radical (unpaired) electrons. The molecule has 0 bridgehead atoms. The van der Waals surface area contributed by atoms with Crippen LogP contribution in [0.15, 0.2) is 34.9 Å². The molecule has 2 aliphatic rings. The molecule has 206 valence electrons. The van der Waals surface area contributed by atoms with Crippen LogP contribution in [0.3, 0.4) is 0 Å². The van der Waals surface area contributed by atoms with Gasteiger partial charge in [-0.15, -0.1) is 0 Å². The molecule has 4 heterocycles. The van der Waals surface area contributed by atoms with Crippen molar-refractivity contribution in [3.8, 4) is 11.3 Å². The van der Waals surface area contributed by atoms with Crippen molar-refractivity contribution in [2.75, 3.05) is 61.2 Å². The summed E-state index contributed by atoms with van der Waals surface area (Å²) in [6.45, 7) is 7.90. The summed E-state index contributed by atoms with van der Waals surface area (Å²) in [5.41, 5.74) is 1.56. The lowest BCUT2D eigenvalue weighted by Crippen LogP contribution is -2.53. The zero-order valence-electron chi connectivity index (χ0n) is 21.8. The number of piperazine rings is 1. The summed E-state index contributed by atoms with van der Waals surface area (Å²) in [6.07, 6.45) is 0. The first-order chi connectivity index (χ1) is 18.7. The van der Waals surface area contributed by atoms with E-state index in [1.165, 1.54) is 19.2 Å². The molecular formula is C26H28BrClFN7O3. The standard InChI is InChI=1S/C26H28BrClFN7O3/c1-15-13-34(24-23(28)32-21(22(27)33-24)25(37)38-3)8-9-35(15)20-12-19(17-4-6-18(29)7-5-17)30-26(31-20)36-10-11-39-14-16(36)2/h4-7,12,15-16H,8-11,13-14H2,1-3H3/t15?,16-/m1/s1. The highest BCUT2D eigenvalue weighted by molar-refractivity contribution is 9.10. The minimum atomic E-state index is -0.618. The van der Waals surface area contributed by atoms with Crippen molar-refractivity contribution >= 4 is 51.1 Å². The first-order valence-electron chi connectivity index (χ1n) is 12.6. The summed E-state index contributed by atoms with van der Waals surface area (Å²) in [4.78, 5) is 36.9. The van der Waals surface area contributed by atoms with Crippen LogP contribution >= 0.6 is 27.5 Å². The first-order valence-corrected chi connectivity index (χ1v) is 13.7. The Bertz CT molecular complexity index is 1370. The number of esters is 1. The minimum absolute atomic E-state index is 0.0251. The molecule has 2 saturated heterocycles. The Kier molecular flexibility index (Phi) is 8.15. The van der Waals surface area contributed by atoms with E-state index in [-0.39, 0.29) is 33.4 Å². The fourth-order valence-electron chi connectivity index (χ4n) is 4.79. The molecule has 0 aliphatic carbocycles. The van der Waals surface area contributed by atoms with E-state index in [0.717, 1.165) is 17.1 Å². The maximum atomic E-state index is 13.6. The number of ether oxygens (including phenoxy) is 2.